The van der Waals surface area contributed by atoms with Crippen molar-refractivity contribution in [2.75, 3.05) is 11.9 Å². The van der Waals surface area contributed by atoms with Gasteiger partial charge in [0.25, 0.3) is 5.91 Å². The molecule has 114 valence electrons. The normalized spacial score (nSPS) is 10.1. The molecule has 22 heavy (non-hydrogen) atoms. The second kappa shape index (κ2) is 7.61. The topological polar surface area (TPSA) is 55.4 Å². The molecule has 0 aromatic heterocycles. The van der Waals surface area contributed by atoms with Crippen molar-refractivity contribution in [3.8, 4) is 0 Å². The van der Waals surface area contributed by atoms with Gasteiger partial charge < -0.3 is 10.1 Å². The van der Waals surface area contributed by atoms with Crippen LogP contribution in [-0.2, 0) is 20.7 Å². The number of ether oxygens (including phenoxy) is 1. The average Bonchev–Trinajstić information content (AvgIpc) is 2.50. The molecule has 0 radical (unpaired) electrons. The number of hydrogen-bond acceptors (Lipinski definition) is 3. The van der Waals surface area contributed by atoms with E-state index in [4.69, 9.17) is 16.3 Å². The van der Waals surface area contributed by atoms with Crippen LogP contribution in [0.4, 0.5) is 5.69 Å². The van der Waals surface area contributed by atoms with Crippen LogP contribution in [0.1, 0.15) is 11.1 Å². The fourth-order valence-corrected chi connectivity index (χ4v) is 2.10. The fourth-order valence-electron chi connectivity index (χ4n) is 1.89. The van der Waals surface area contributed by atoms with Crippen LogP contribution in [-0.4, -0.2) is 18.5 Å². The van der Waals surface area contributed by atoms with Gasteiger partial charge in [0.05, 0.1) is 6.42 Å². The number of para-hydroxylation sites is 1. The number of amides is 1. The van der Waals surface area contributed by atoms with E-state index in [0.717, 1.165) is 5.56 Å². The van der Waals surface area contributed by atoms with E-state index < -0.39 is 5.97 Å². The second-order valence-electron chi connectivity index (χ2n) is 4.79. The van der Waals surface area contributed by atoms with E-state index in [1.807, 2.05) is 25.1 Å². The lowest BCUT2D eigenvalue weighted by atomic mass is 10.1. The number of benzene rings is 2. The molecule has 0 bridgehead atoms. The standard InChI is InChI=1S/C17H16ClNO3/c1-12-6-2-5-9-15(12)19-16(20)11-22-17(21)10-13-7-3-4-8-14(13)18/h2-9H,10-11H2,1H3,(H,19,20). The largest absolute Gasteiger partial charge is 0.455 e. The first-order chi connectivity index (χ1) is 10.6. The predicted molar refractivity (Wildman–Crippen MR) is 85.9 cm³/mol. The van der Waals surface area contributed by atoms with Crippen LogP contribution >= 0.6 is 11.6 Å². The van der Waals surface area contributed by atoms with Gasteiger partial charge in [-0.15, -0.1) is 0 Å². The number of nitrogens with one attached hydrogen (secondary N) is 1. The molecule has 4 nitrogen and oxygen atoms in total. The van der Waals surface area contributed by atoms with Crippen molar-refractivity contribution in [3.63, 3.8) is 0 Å². The van der Waals surface area contributed by atoms with Gasteiger partial charge in [-0.1, -0.05) is 48.0 Å². The Labute approximate surface area is 134 Å². The molecular formula is C17H16ClNO3. The second-order valence-corrected chi connectivity index (χ2v) is 5.20. The number of hydrogen-bond donors (Lipinski definition) is 1. The van der Waals surface area contributed by atoms with Crippen LogP contribution in [0.3, 0.4) is 0 Å². The number of carbonyl (C=O) groups is 2. The van der Waals surface area contributed by atoms with Gasteiger partial charge in [-0.05, 0) is 30.2 Å². The molecule has 1 N–H and O–H groups in total. The number of aryl methyl sites for hydroxylation is 1. The summed E-state index contributed by atoms with van der Waals surface area (Å²) in [5, 5.41) is 3.20. The summed E-state index contributed by atoms with van der Waals surface area (Å²) >= 11 is 5.97. The number of esters is 1. The first-order valence-electron chi connectivity index (χ1n) is 6.81. The van der Waals surface area contributed by atoms with Crippen LogP contribution in [0, 0.1) is 6.92 Å². The molecule has 2 aromatic rings. The van der Waals surface area contributed by atoms with Crippen LogP contribution in [0.5, 0.6) is 0 Å². The molecule has 2 aromatic carbocycles. The summed E-state index contributed by atoms with van der Waals surface area (Å²) in [6.45, 7) is 1.57. The van der Waals surface area contributed by atoms with Crippen molar-refractivity contribution in [2.45, 2.75) is 13.3 Å². The SMILES string of the molecule is Cc1ccccc1NC(=O)COC(=O)Cc1ccccc1Cl. The number of carbonyl (C=O) groups excluding carboxylic acids is 2. The highest BCUT2D eigenvalue weighted by atomic mass is 35.5. The Morgan fingerprint density at radius 1 is 1.09 bits per heavy atom. The Hall–Kier alpha value is -2.33. The molecule has 0 saturated carbocycles. The van der Waals surface area contributed by atoms with Crippen molar-refractivity contribution in [1.29, 1.82) is 0 Å². The number of halogens is 1. The Bertz CT molecular complexity index is 626. The summed E-state index contributed by atoms with van der Waals surface area (Å²) in [4.78, 5) is 23.5. The summed E-state index contributed by atoms with van der Waals surface area (Å²) < 4.78 is 4.97. The molecule has 2 rings (SSSR count). The predicted octanol–water partition coefficient (Wildman–Crippen LogP) is 3.37. The van der Waals surface area contributed by atoms with Crippen LogP contribution < -0.4 is 5.32 Å². The van der Waals surface area contributed by atoms with Crippen molar-refractivity contribution in [1.82, 2.24) is 0 Å². The van der Waals surface area contributed by atoms with Gasteiger partial charge in [0, 0.05) is 10.7 Å². The van der Waals surface area contributed by atoms with E-state index in [2.05, 4.69) is 5.32 Å². The highest BCUT2D eigenvalue weighted by Gasteiger charge is 2.11. The molecule has 0 unspecified atom stereocenters. The summed E-state index contributed by atoms with van der Waals surface area (Å²) in [5.74, 6) is -0.866. The zero-order valence-electron chi connectivity index (χ0n) is 12.1. The first kappa shape index (κ1) is 16.0. The van der Waals surface area contributed by atoms with Gasteiger partial charge in [0.2, 0.25) is 0 Å². The monoisotopic (exact) mass is 317 g/mol. The molecule has 1 amide bonds. The highest BCUT2D eigenvalue weighted by Crippen LogP contribution is 2.16. The van der Waals surface area contributed by atoms with E-state index in [1.165, 1.54) is 0 Å². The molecule has 0 saturated heterocycles. The maximum absolute atomic E-state index is 11.8. The Morgan fingerprint density at radius 3 is 2.50 bits per heavy atom. The van der Waals surface area contributed by atoms with Crippen molar-refractivity contribution in [2.24, 2.45) is 0 Å². The third-order valence-electron chi connectivity index (χ3n) is 3.08. The third-order valence-corrected chi connectivity index (χ3v) is 3.44. The summed E-state index contributed by atoms with van der Waals surface area (Å²) in [6.07, 6.45) is 0.0390. The summed E-state index contributed by atoms with van der Waals surface area (Å²) in [5.41, 5.74) is 2.32. The molecule has 5 heteroatoms. The van der Waals surface area contributed by atoms with E-state index in [-0.39, 0.29) is 18.9 Å². The lowest BCUT2D eigenvalue weighted by Crippen LogP contribution is -2.22. The molecule has 0 fully saturated rings. The van der Waals surface area contributed by atoms with Crippen molar-refractivity contribution < 1.29 is 14.3 Å². The van der Waals surface area contributed by atoms with E-state index in [0.29, 0.717) is 16.3 Å². The number of anilines is 1. The van der Waals surface area contributed by atoms with Gasteiger partial charge in [-0.3, -0.25) is 9.59 Å². The minimum atomic E-state index is -0.493. The molecule has 0 aliphatic carbocycles. The van der Waals surface area contributed by atoms with Gasteiger partial charge in [-0.25, -0.2) is 0 Å². The smallest absolute Gasteiger partial charge is 0.310 e. The van der Waals surface area contributed by atoms with Gasteiger partial charge >= 0.3 is 5.97 Å². The van der Waals surface area contributed by atoms with E-state index >= 15 is 0 Å². The summed E-state index contributed by atoms with van der Waals surface area (Å²) in [6, 6.07) is 14.4. The zero-order valence-corrected chi connectivity index (χ0v) is 12.9. The Kier molecular flexibility index (Phi) is 5.55. The zero-order chi connectivity index (χ0) is 15.9. The third kappa shape index (κ3) is 4.60. The van der Waals surface area contributed by atoms with Gasteiger partial charge in [-0.2, -0.15) is 0 Å². The molecule has 0 aliphatic rings. The molecule has 0 heterocycles. The lowest BCUT2D eigenvalue weighted by molar-refractivity contribution is -0.146. The van der Waals surface area contributed by atoms with Crippen LogP contribution in [0.25, 0.3) is 0 Å². The van der Waals surface area contributed by atoms with Crippen molar-refractivity contribution in [3.05, 3.63) is 64.7 Å². The number of rotatable bonds is 5. The average molecular weight is 318 g/mol. The van der Waals surface area contributed by atoms with Gasteiger partial charge in [0.1, 0.15) is 0 Å². The molecule has 0 aliphatic heterocycles. The van der Waals surface area contributed by atoms with Crippen LogP contribution in [0.2, 0.25) is 5.02 Å². The lowest BCUT2D eigenvalue weighted by Gasteiger charge is -2.09. The maximum Gasteiger partial charge on any atom is 0.310 e. The Balaban J connectivity index is 1.82. The van der Waals surface area contributed by atoms with Crippen molar-refractivity contribution >= 4 is 29.2 Å². The van der Waals surface area contributed by atoms with Gasteiger partial charge in [0.15, 0.2) is 6.61 Å². The maximum atomic E-state index is 11.8. The minimum absolute atomic E-state index is 0.0390. The van der Waals surface area contributed by atoms with E-state index in [9.17, 15) is 9.59 Å². The molecule has 0 atom stereocenters. The minimum Gasteiger partial charge on any atom is -0.455 e. The molecular weight excluding hydrogens is 302 g/mol. The molecule has 0 spiro atoms. The summed E-state index contributed by atoms with van der Waals surface area (Å²) in [7, 11) is 0. The highest BCUT2D eigenvalue weighted by molar-refractivity contribution is 6.31. The first-order valence-corrected chi connectivity index (χ1v) is 7.18. The fraction of sp³-hybridized carbons (Fsp3) is 0.176. The Morgan fingerprint density at radius 2 is 1.77 bits per heavy atom. The van der Waals surface area contributed by atoms with E-state index in [1.54, 1.807) is 30.3 Å². The quantitative estimate of drug-likeness (QED) is 0.860. The van der Waals surface area contributed by atoms with Crippen LogP contribution in [0.15, 0.2) is 48.5 Å².